The van der Waals surface area contributed by atoms with Crippen LogP contribution in [-0.2, 0) is 22.4 Å². The molecule has 33 heavy (non-hydrogen) atoms. The molecule has 1 aliphatic heterocycles. The highest BCUT2D eigenvalue weighted by Crippen LogP contribution is 2.29. The summed E-state index contributed by atoms with van der Waals surface area (Å²) < 4.78 is 0. The summed E-state index contributed by atoms with van der Waals surface area (Å²) in [6.07, 6.45) is 1.66. The number of carbonyl (C=O) groups is 2. The van der Waals surface area contributed by atoms with Crippen LogP contribution in [0.1, 0.15) is 17.5 Å². The molecule has 0 spiro atoms. The van der Waals surface area contributed by atoms with Gasteiger partial charge in [0.1, 0.15) is 0 Å². The van der Waals surface area contributed by atoms with E-state index in [0.717, 1.165) is 24.1 Å². The number of amides is 2. The lowest BCUT2D eigenvalue weighted by molar-refractivity contribution is -0.130. The minimum atomic E-state index is -0.483. The summed E-state index contributed by atoms with van der Waals surface area (Å²) in [5.41, 5.74) is 3.10. The lowest BCUT2D eigenvalue weighted by Crippen LogP contribution is -2.47. The van der Waals surface area contributed by atoms with Crippen molar-refractivity contribution in [3.63, 3.8) is 0 Å². The molecule has 0 aliphatic carbocycles. The molecule has 168 valence electrons. The molecule has 1 N–H and O–H groups in total. The fraction of sp³-hybridized carbons (Fsp3) is 0.222. The predicted octanol–water partition coefficient (Wildman–Crippen LogP) is 4.61. The number of nitrogens with one attached hydrogen (secondary N) is 1. The molecule has 1 aliphatic rings. The minimum Gasteiger partial charge on any atom is -0.355 e. The van der Waals surface area contributed by atoms with Gasteiger partial charge in [0.05, 0.1) is 10.9 Å². The third kappa shape index (κ3) is 6.56. The Kier molecular flexibility index (Phi) is 7.93. The van der Waals surface area contributed by atoms with Gasteiger partial charge in [-0.05, 0) is 36.1 Å². The second-order valence-electron chi connectivity index (χ2n) is 7.85. The zero-order chi connectivity index (χ0) is 22.9. The molecule has 1 fully saturated rings. The number of para-hydroxylation sites is 1. The highest BCUT2D eigenvalue weighted by Gasteiger charge is 2.35. The monoisotopic (exact) mass is 457 g/mol. The maximum absolute atomic E-state index is 13.1. The van der Waals surface area contributed by atoms with Crippen molar-refractivity contribution < 1.29 is 9.59 Å². The second-order valence-corrected chi connectivity index (χ2v) is 9.02. The molecule has 1 unspecified atom stereocenters. The van der Waals surface area contributed by atoms with Crippen LogP contribution in [0.4, 0.5) is 5.69 Å². The normalized spacial score (nSPS) is 17.2. The number of hydrogen-bond acceptors (Lipinski definition) is 4. The summed E-state index contributed by atoms with van der Waals surface area (Å²) in [5.74, 6) is -0.185. The number of amidine groups is 1. The van der Waals surface area contributed by atoms with Gasteiger partial charge in [-0.2, -0.15) is 0 Å². The molecule has 6 heteroatoms. The quantitative estimate of drug-likeness (QED) is 0.537. The number of hydrogen-bond donors (Lipinski definition) is 1. The Morgan fingerprint density at radius 1 is 0.879 bits per heavy atom. The molecular formula is C27H27N3O2S. The van der Waals surface area contributed by atoms with Crippen LogP contribution in [0, 0.1) is 0 Å². The first kappa shape index (κ1) is 22.8. The predicted molar refractivity (Wildman–Crippen MR) is 135 cm³/mol. The van der Waals surface area contributed by atoms with E-state index < -0.39 is 5.25 Å². The van der Waals surface area contributed by atoms with Gasteiger partial charge in [0.15, 0.2) is 5.17 Å². The summed E-state index contributed by atoms with van der Waals surface area (Å²) in [6.45, 7) is 1.07. The fourth-order valence-electron chi connectivity index (χ4n) is 3.65. The molecule has 1 atom stereocenters. The molecule has 5 nitrogen and oxygen atoms in total. The lowest BCUT2D eigenvalue weighted by Gasteiger charge is -2.32. The van der Waals surface area contributed by atoms with E-state index in [1.54, 1.807) is 4.90 Å². The zero-order valence-corrected chi connectivity index (χ0v) is 19.2. The van der Waals surface area contributed by atoms with Crippen molar-refractivity contribution in [2.45, 2.75) is 24.5 Å². The van der Waals surface area contributed by atoms with Crippen LogP contribution in [0.3, 0.4) is 0 Å². The Morgan fingerprint density at radius 2 is 1.45 bits per heavy atom. The molecule has 0 bridgehead atoms. The standard InChI is InChI=1S/C27H27N3O2S/c31-25-20-24(26(32)28-18-16-21-10-4-1-5-11-21)33-27(29-23-14-8-3-9-15-23)30(25)19-17-22-12-6-2-7-13-22/h1-15,24H,16-20H2,(H,28,32). The van der Waals surface area contributed by atoms with E-state index in [0.29, 0.717) is 18.3 Å². The van der Waals surface area contributed by atoms with Gasteiger partial charge in [-0.1, -0.05) is 90.6 Å². The van der Waals surface area contributed by atoms with Gasteiger partial charge < -0.3 is 5.32 Å². The first-order chi connectivity index (χ1) is 16.2. The Bertz CT molecular complexity index is 1090. The van der Waals surface area contributed by atoms with E-state index in [-0.39, 0.29) is 18.2 Å². The molecule has 3 aromatic carbocycles. The molecule has 0 saturated carbocycles. The average Bonchev–Trinajstić information content (AvgIpc) is 2.85. The van der Waals surface area contributed by atoms with Gasteiger partial charge in [-0.3, -0.25) is 14.5 Å². The summed E-state index contributed by atoms with van der Waals surface area (Å²) in [6, 6.07) is 29.7. The van der Waals surface area contributed by atoms with Crippen LogP contribution in [0.2, 0.25) is 0 Å². The highest BCUT2D eigenvalue weighted by molar-refractivity contribution is 8.15. The smallest absolute Gasteiger partial charge is 0.234 e. The molecule has 1 saturated heterocycles. The topological polar surface area (TPSA) is 61.8 Å². The molecule has 2 amide bonds. The van der Waals surface area contributed by atoms with Gasteiger partial charge in [0.2, 0.25) is 11.8 Å². The first-order valence-electron chi connectivity index (χ1n) is 11.2. The Balaban J connectivity index is 1.44. The highest BCUT2D eigenvalue weighted by atomic mass is 32.2. The zero-order valence-electron chi connectivity index (χ0n) is 18.4. The SMILES string of the molecule is O=C(NCCc1ccccc1)C1CC(=O)N(CCc2ccccc2)C(=Nc2ccccc2)S1. The molecule has 0 radical (unpaired) electrons. The van der Waals surface area contributed by atoms with Crippen LogP contribution >= 0.6 is 11.8 Å². The fourth-order valence-corrected chi connectivity index (χ4v) is 4.80. The van der Waals surface area contributed by atoms with Crippen molar-refractivity contribution >= 4 is 34.4 Å². The van der Waals surface area contributed by atoms with E-state index >= 15 is 0 Å². The van der Waals surface area contributed by atoms with Crippen LogP contribution in [-0.4, -0.2) is 40.2 Å². The van der Waals surface area contributed by atoms with E-state index in [4.69, 9.17) is 4.99 Å². The molecule has 4 rings (SSSR count). The van der Waals surface area contributed by atoms with Gasteiger partial charge in [-0.15, -0.1) is 0 Å². The average molecular weight is 458 g/mol. The van der Waals surface area contributed by atoms with Gasteiger partial charge >= 0.3 is 0 Å². The van der Waals surface area contributed by atoms with Crippen molar-refractivity contribution in [3.05, 3.63) is 102 Å². The van der Waals surface area contributed by atoms with E-state index in [1.165, 1.54) is 17.3 Å². The third-order valence-corrected chi connectivity index (χ3v) is 6.62. The number of aliphatic imine (C=N–C) groups is 1. The van der Waals surface area contributed by atoms with Gasteiger partial charge in [0.25, 0.3) is 0 Å². The van der Waals surface area contributed by atoms with Crippen LogP contribution < -0.4 is 5.32 Å². The maximum atomic E-state index is 13.1. The number of nitrogens with zero attached hydrogens (tertiary/aromatic N) is 2. The summed E-state index contributed by atoms with van der Waals surface area (Å²) in [5, 5.41) is 3.09. The summed E-state index contributed by atoms with van der Waals surface area (Å²) >= 11 is 1.37. The number of rotatable bonds is 8. The van der Waals surface area contributed by atoms with Crippen LogP contribution in [0.15, 0.2) is 96.0 Å². The first-order valence-corrected chi connectivity index (χ1v) is 12.0. The van der Waals surface area contributed by atoms with Crippen molar-refractivity contribution in [3.8, 4) is 0 Å². The van der Waals surface area contributed by atoms with Crippen molar-refractivity contribution in [1.29, 1.82) is 0 Å². The maximum Gasteiger partial charge on any atom is 0.234 e. The van der Waals surface area contributed by atoms with Gasteiger partial charge in [-0.25, -0.2) is 4.99 Å². The minimum absolute atomic E-state index is 0.0671. The molecular weight excluding hydrogens is 430 g/mol. The molecule has 1 heterocycles. The third-order valence-electron chi connectivity index (χ3n) is 5.44. The Morgan fingerprint density at radius 3 is 2.09 bits per heavy atom. The Hall–Kier alpha value is -3.38. The van der Waals surface area contributed by atoms with Gasteiger partial charge in [0, 0.05) is 19.5 Å². The van der Waals surface area contributed by atoms with Crippen LogP contribution in [0.25, 0.3) is 0 Å². The van der Waals surface area contributed by atoms with E-state index in [2.05, 4.69) is 17.4 Å². The van der Waals surface area contributed by atoms with Crippen molar-refractivity contribution in [1.82, 2.24) is 10.2 Å². The van der Waals surface area contributed by atoms with Crippen molar-refractivity contribution in [2.75, 3.05) is 13.1 Å². The molecule has 3 aromatic rings. The second kappa shape index (κ2) is 11.5. The van der Waals surface area contributed by atoms with E-state index in [9.17, 15) is 9.59 Å². The number of thioether (sulfide) groups is 1. The lowest BCUT2D eigenvalue weighted by atomic mass is 10.1. The molecule has 0 aromatic heterocycles. The van der Waals surface area contributed by atoms with Crippen molar-refractivity contribution in [2.24, 2.45) is 4.99 Å². The number of carbonyl (C=O) groups excluding carboxylic acids is 2. The largest absolute Gasteiger partial charge is 0.355 e. The number of benzene rings is 3. The summed E-state index contributed by atoms with van der Waals surface area (Å²) in [4.78, 5) is 32.4. The summed E-state index contributed by atoms with van der Waals surface area (Å²) in [7, 11) is 0. The Labute approximate surface area is 198 Å². The van der Waals surface area contributed by atoms with E-state index in [1.807, 2.05) is 78.9 Å². The van der Waals surface area contributed by atoms with Crippen LogP contribution in [0.5, 0.6) is 0 Å².